The monoisotopic (exact) mass is 301 g/mol. The summed E-state index contributed by atoms with van der Waals surface area (Å²) in [5.74, 6) is 1.41. The Morgan fingerprint density at radius 1 is 1.19 bits per heavy atom. The molecular weight excluding hydrogens is 286 g/mol. The predicted molar refractivity (Wildman–Crippen MR) is 81.7 cm³/mol. The standard InChI is InChI=1S/C15H16ClN5/c1-11-6-8-20(9-7-11)15-14(10-17)18-21(19-15)13-4-2-12(16)3-5-13/h2-5,11H,6-9H2,1H3. The molecule has 1 aromatic heterocycles. The molecule has 1 fully saturated rings. The summed E-state index contributed by atoms with van der Waals surface area (Å²) in [5.41, 5.74) is 1.17. The van der Waals surface area contributed by atoms with Crippen LogP contribution in [0.1, 0.15) is 25.5 Å². The van der Waals surface area contributed by atoms with Crippen LogP contribution in [-0.4, -0.2) is 28.1 Å². The Hall–Kier alpha value is -2.06. The first-order valence-electron chi connectivity index (χ1n) is 7.05. The molecule has 1 aliphatic heterocycles. The minimum absolute atomic E-state index is 0.375. The van der Waals surface area contributed by atoms with E-state index >= 15 is 0 Å². The average Bonchev–Trinajstić information content (AvgIpc) is 2.93. The highest BCUT2D eigenvalue weighted by Crippen LogP contribution is 2.24. The maximum atomic E-state index is 9.29. The highest BCUT2D eigenvalue weighted by atomic mass is 35.5. The van der Waals surface area contributed by atoms with Gasteiger partial charge in [-0.1, -0.05) is 18.5 Å². The van der Waals surface area contributed by atoms with Gasteiger partial charge in [-0.05, 0) is 43.0 Å². The van der Waals surface area contributed by atoms with Crippen LogP contribution in [0.25, 0.3) is 5.69 Å². The largest absolute Gasteiger partial charge is 0.353 e. The summed E-state index contributed by atoms with van der Waals surface area (Å²) in [5, 5.41) is 18.7. The van der Waals surface area contributed by atoms with Crippen molar-refractivity contribution < 1.29 is 0 Å². The number of anilines is 1. The minimum atomic E-state index is 0.375. The fraction of sp³-hybridized carbons (Fsp3) is 0.400. The third kappa shape index (κ3) is 2.86. The van der Waals surface area contributed by atoms with Crippen LogP contribution < -0.4 is 4.90 Å². The summed E-state index contributed by atoms with van der Waals surface area (Å²) in [6.45, 7) is 4.11. The molecule has 108 valence electrons. The molecule has 0 N–H and O–H groups in total. The molecule has 5 nitrogen and oxygen atoms in total. The van der Waals surface area contributed by atoms with Gasteiger partial charge in [0.15, 0.2) is 5.82 Å². The van der Waals surface area contributed by atoms with Crippen molar-refractivity contribution in [2.24, 2.45) is 5.92 Å². The van der Waals surface area contributed by atoms with Gasteiger partial charge in [-0.25, -0.2) is 0 Å². The second-order valence-corrected chi connectivity index (χ2v) is 5.86. The first kappa shape index (κ1) is 13.9. The summed E-state index contributed by atoms with van der Waals surface area (Å²) in [7, 11) is 0. The van der Waals surface area contributed by atoms with Crippen LogP contribution >= 0.6 is 11.6 Å². The molecule has 0 spiro atoms. The average molecular weight is 302 g/mol. The van der Waals surface area contributed by atoms with E-state index in [0.717, 1.165) is 37.5 Å². The Morgan fingerprint density at radius 2 is 1.86 bits per heavy atom. The molecule has 0 aliphatic carbocycles. The van der Waals surface area contributed by atoms with E-state index in [1.54, 1.807) is 12.1 Å². The summed E-state index contributed by atoms with van der Waals surface area (Å²) in [6.07, 6.45) is 2.25. The van der Waals surface area contributed by atoms with E-state index in [1.807, 2.05) is 12.1 Å². The number of rotatable bonds is 2. The second kappa shape index (κ2) is 5.74. The molecule has 0 radical (unpaired) electrons. The molecular formula is C15H16ClN5. The highest BCUT2D eigenvalue weighted by Gasteiger charge is 2.22. The van der Waals surface area contributed by atoms with Crippen LogP contribution in [0.5, 0.6) is 0 Å². The van der Waals surface area contributed by atoms with E-state index in [2.05, 4.69) is 28.1 Å². The van der Waals surface area contributed by atoms with Crippen molar-refractivity contribution in [3.8, 4) is 11.8 Å². The first-order chi connectivity index (χ1) is 10.2. The number of nitriles is 1. The Balaban J connectivity index is 1.91. The van der Waals surface area contributed by atoms with Crippen molar-refractivity contribution in [1.29, 1.82) is 5.26 Å². The quantitative estimate of drug-likeness (QED) is 0.855. The number of benzene rings is 1. The molecule has 0 unspecified atom stereocenters. The Morgan fingerprint density at radius 3 is 2.48 bits per heavy atom. The Labute approximate surface area is 128 Å². The summed E-state index contributed by atoms with van der Waals surface area (Å²) in [6, 6.07) is 9.39. The van der Waals surface area contributed by atoms with Gasteiger partial charge in [-0.2, -0.15) is 5.26 Å². The van der Waals surface area contributed by atoms with Crippen molar-refractivity contribution in [3.63, 3.8) is 0 Å². The van der Waals surface area contributed by atoms with E-state index < -0.39 is 0 Å². The zero-order valence-electron chi connectivity index (χ0n) is 11.8. The molecule has 0 atom stereocenters. The van der Waals surface area contributed by atoms with Gasteiger partial charge in [0.1, 0.15) is 6.07 Å². The van der Waals surface area contributed by atoms with Crippen LogP contribution in [0.4, 0.5) is 5.82 Å². The molecule has 6 heteroatoms. The number of hydrogen-bond acceptors (Lipinski definition) is 4. The van der Waals surface area contributed by atoms with Gasteiger partial charge < -0.3 is 4.90 Å². The maximum Gasteiger partial charge on any atom is 0.207 e. The van der Waals surface area contributed by atoms with Crippen LogP contribution in [0, 0.1) is 17.2 Å². The van der Waals surface area contributed by atoms with Gasteiger partial charge in [0.2, 0.25) is 5.69 Å². The van der Waals surface area contributed by atoms with E-state index in [-0.39, 0.29) is 0 Å². The number of aromatic nitrogens is 3. The predicted octanol–water partition coefficient (Wildman–Crippen LogP) is 3.03. The molecule has 2 aromatic rings. The van der Waals surface area contributed by atoms with Crippen molar-refractivity contribution in [1.82, 2.24) is 15.0 Å². The van der Waals surface area contributed by atoms with Crippen molar-refractivity contribution in [2.75, 3.05) is 18.0 Å². The van der Waals surface area contributed by atoms with Crippen LogP contribution in [0.3, 0.4) is 0 Å². The Kier molecular flexibility index (Phi) is 3.80. The van der Waals surface area contributed by atoms with Crippen LogP contribution in [0.15, 0.2) is 24.3 Å². The summed E-state index contributed by atoms with van der Waals surface area (Å²) < 4.78 is 0. The third-order valence-electron chi connectivity index (χ3n) is 3.84. The molecule has 1 aliphatic rings. The van der Waals surface area contributed by atoms with E-state index in [0.29, 0.717) is 16.5 Å². The van der Waals surface area contributed by atoms with Crippen molar-refractivity contribution in [3.05, 3.63) is 35.0 Å². The zero-order chi connectivity index (χ0) is 14.8. The number of nitrogens with zero attached hydrogens (tertiary/aromatic N) is 5. The molecule has 3 rings (SSSR count). The molecule has 1 saturated heterocycles. The van der Waals surface area contributed by atoms with E-state index in [1.165, 1.54) is 4.80 Å². The van der Waals surface area contributed by atoms with Gasteiger partial charge in [-0.15, -0.1) is 15.0 Å². The first-order valence-corrected chi connectivity index (χ1v) is 7.43. The lowest BCUT2D eigenvalue weighted by Crippen LogP contribution is -2.33. The fourth-order valence-corrected chi connectivity index (χ4v) is 2.62. The highest BCUT2D eigenvalue weighted by molar-refractivity contribution is 6.30. The zero-order valence-corrected chi connectivity index (χ0v) is 12.6. The van der Waals surface area contributed by atoms with Gasteiger partial charge in [0, 0.05) is 18.1 Å². The maximum absolute atomic E-state index is 9.29. The minimum Gasteiger partial charge on any atom is -0.353 e. The van der Waals surface area contributed by atoms with Crippen LogP contribution in [0.2, 0.25) is 5.02 Å². The van der Waals surface area contributed by atoms with E-state index in [4.69, 9.17) is 11.6 Å². The normalized spacial score (nSPS) is 16.0. The Bertz CT molecular complexity index is 662. The van der Waals surface area contributed by atoms with Crippen molar-refractivity contribution >= 4 is 17.4 Å². The third-order valence-corrected chi connectivity index (χ3v) is 4.09. The molecule has 0 amide bonds. The lowest BCUT2D eigenvalue weighted by molar-refractivity contribution is 0.436. The second-order valence-electron chi connectivity index (χ2n) is 5.42. The van der Waals surface area contributed by atoms with Gasteiger partial charge in [0.25, 0.3) is 0 Å². The smallest absolute Gasteiger partial charge is 0.207 e. The SMILES string of the molecule is CC1CCN(c2nn(-c3ccc(Cl)cc3)nc2C#N)CC1. The van der Waals surface area contributed by atoms with Gasteiger partial charge >= 0.3 is 0 Å². The van der Waals surface area contributed by atoms with Crippen molar-refractivity contribution in [2.45, 2.75) is 19.8 Å². The molecule has 0 bridgehead atoms. The lowest BCUT2D eigenvalue weighted by atomic mass is 9.99. The molecule has 0 saturated carbocycles. The van der Waals surface area contributed by atoms with Gasteiger partial charge in [0.05, 0.1) is 5.69 Å². The number of hydrogen-bond donors (Lipinski definition) is 0. The summed E-state index contributed by atoms with van der Waals surface area (Å²) >= 11 is 5.89. The molecule has 21 heavy (non-hydrogen) atoms. The number of halogens is 1. The fourth-order valence-electron chi connectivity index (χ4n) is 2.49. The topological polar surface area (TPSA) is 57.7 Å². The number of piperidine rings is 1. The lowest BCUT2D eigenvalue weighted by Gasteiger charge is -2.30. The van der Waals surface area contributed by atoms with Crippen LogP contribution in [-0.2, 0) is 0 Å². The van der Waals surface area contributed by atoms with E-state index in [9.17, 15) is 5.26 Å². The molecule has 1 aromatic carbocycles. The summed E-state index contributed by atoms with van der Waals surface area (Å²) in [4.78, 5) is 3.65. The van der Waals surface area contributed by atoms with Gasteiger partial charge in [-0.3, -0.25) is 0 Å². The molecule has 2 heterocycles.